The molecule has 0 spiro atoms. The minimum absolute atomic E-state index is 0.159. The molecule has 0 fully saturated rings. The van der Waals surface area contributed by atoms with Gasteiger partial charge in [-0.25, -0.2) is 9.50 Å². The summed E-state index contributed by atoms with van der Waals surface area (Å²) in [7, 11) is 0. The van der Waals surface area contributed by atoms with Crippen molar-refractivity contribution in [2.24, 2.45) is 0 Å². The molecule has 0 aliphatic carbocycles. The SMILES string of the molecule is OCCCc1nc2ncc(Br)cn2n1. The highest BCUT2D eigenvalue weighted by molar-refractivity contribution is 9.10. The maximum atomic E-state index is 8.66. The standard InChI is InChI=1S/C8H9BrN4O/c9-6-4-10-8-11-7(2-1-3-14)12-13(8)5-6/h4-5,14H,1-3H2. The second-order valence-electron chi connectivity index (χ2n) is 2.87. The first kappa shape index (κ1) is 9.54. The van der Waals surface area contributed by atoms with Crippen LogP contribution in [0.5, 0.6) is 0 Å². The summed E-state index contributed by atoms with van der Waals surface area (Å²) in [6.45, 7) is 0.159. The van der Waals surface area contributed by atoms with E-state index >= 15 is 0 Å². The van der Waals surface area contributed by atoms with Crippen molar-refractivity contribution in [2.45, 2.75) is 12.8 Å². The van der Waals surface area contributed by atoms with Crippen LogP contribution in [0, 0.1) is 0 Å². The fourth-order valence-corrected chi connectivity index (χ4v) is 1.44. The number of nitrogens with zero attached hydrogens (tertiary/aromatic N) is 4. The van der Waals surface area contributed by atoms with Gasteiger partial charge in [0.1, 0.15) is 0 Å². The molecule has 1 N–H and O–H groups in total. The van der Waals surface area contributed by atoms with E-state index in [0.717, 1.165) is 4.47 Å². The Hall–Kier alpha value is -1.01. The Morgan fingerprint density at radius 3 is 3.14 bits per heavy atom. The van der Waals surface area contributed by atoms with E-state index in [1.165, 1.54) is 0 Å². The van der Waals surface area contributed by atoms with Gasteiger partial charge in [0, 0.05) is 25.4 Å². The van der Waals surface area contributed by atoms with Crippen molar-refractivity contribution in [3.8, 4) is 0 Å². The molecule has 2 aromatic rings. The van der Waals surface area contributed by atoms with E-state index in [1.807, 2.05) is 0 Å². The largest absolute Gasteiger partial charge is 0.396 e. The number of fused-ring (bicyclic) bond motifs is 1. The van der Waals surface area contributed by atoms with Crippen LogP contribution in [0.2, 0.25) is 0 Å². The van der Waals surface area contributed by atoms with E-state index in [0.29, 0.717) is 24.4 Å². The average molecular weight is 257 g/mol. The molecule has 2 aromatic heterocycles. The van der Waals surface area contributed by atoms with E-state index in [-0.39, 0.29) is 6.61 Å². The fraction of sp³-hybridized carbons (Fsp3) is 0.375. The van der Waals surface area contributed by atoms with Crippen LogP contribution in [0.25, 0.3) is 5.78 Å². The smallest absolute Gasteiger partial charge is 0.252 e. The molecule has 0 aliphatic heterocycles. The fourth-order valence-electron chi connectivity index (χ4n) is 1.15. The number of aromatic nitrogens is 4. The normalized spacial score (nSPS) is 11.0. The summed E-state index contributed by atoms with van der Waals surface area (Å²) in [6, 6.07) is 0. The molecular weight excluding hydrogens is 248 g/mol. The zero-order valence-electron chi connectivity index (χ0n) is 7.39. The quantitative estimate of drug-likeness (QED) is 0.883. The number of hydrogen-bond acceptors (Lipinski definition) is 4. The molecule has 0 saturated heterocycles. The van der Waals surface area contributed by atoms with Crippen molar-refractivity contribution in [2.75, 3.05) is 6.61 Å². The number of aryl methyl sites for hydroxylation is 1. The Balaban J connectivity index is 2.32. The second kappa shape index (κ2) is 4.02. The molecule has 2 heterocycles. The number of aliphatic hydroxyl groups is 1. The first-order chi connectivity index (χ1) is 6.79. The Morgan fingerprint density at radius 2 is 2.36 bits per heavy atom. The topological polar surface area (TPSA) is 63.3 Å². The first-order valence-electron chi connectivity index (χ1n) is 4.27. The minimum atomic E-state index is 0.159. The van der Waals surface area contributed by atoms with Crippen molar-refractivity contribution in [1.82, 2.24) is 19.6 Å². The molecule has 0 amide bonds. The molecule has 0 aliphatic rings. The van der Waals surface area contributed by atoms with Crippen LogP contribution in [0.15, 0.2) is 16.9 Å². The summed E-state index contributed by atoms with van der Waals surface area (Å²) in [5, 5.41) is 12.9. The van der Waals surface area contributed by atoms with Gasteiger partial charge >= 0.3 is 0 Å². The Kier molecular flexibility index (Phi) is 2.74. The van der Waals surface area contributed by atoms with E-state index in [1.54, 1.807) is 16.9 Å². The highest BCUT2D eigenvalue weighted by Crippen LogP contribution is 2.08. The van der Waals surface area contributed by atoms with Crippen LogP contribution in [-0.2, 0) is 6.42 Å². The number of halogens is 1. The van der Waals surface area contributed by atoms with Gasteiger partial charge < -0.3 is 5.11 Å². The molecule has 5 nitrogen and oxygen atoms in total. The van der Waals surface area contributed by atoms with E-state index < -0.39 is 0 Å². The second-order valence-corrected chi connectivity index (χ2v) is 3.79. The Bertz CT molecular complexity index is 442. The van der Waals surface area contributed by atoms with Crippen molar-refractivity contribution >= 4 is 21.7 Å². The zero-order chi connectivity index (χ0) is 9.97. The monoisotopic (exact) mass is 256 g/mol. The predicted octanol–water partition coefficient (Wildman–Crippen LogP) is 0.812. The van der Waals surface area contributed by atoms with Crippen molar-refractivity contribution < 1.29 is 5.11 Å². The van der Waals surface area contributed by atoms with Gasteiger partial charge in [-0.15, -0.1) is 5.10 Å². The highest BCUT2D eigenvalue weighted by Gasteiger charge is 2.03. The van der Waals surface area contributed by atoms with E-state index in [4.69, 9.17) is 5.11 Å². The third-order valence-electron chi connectivity index (χ3n) is 1.76. The van der Waals surface area contributed by atoms with Crippen molar-refractivity contribution in [3.05, 3.63) is 22.7 Å². The van der Waals surface area contributed by atoms with E-state index in [9.17, 15) is 0 Å². The molecule has 6 heteroatoms. The number of rotatable bonds is 3. The molecule has 0 saturated carbocycles. The third-order valence-corrected chi connectivity index (χ3v) is 2.17. The van der Waals surface area contributed by atoms with Crippen LogP contribution in [0.3, 0.4) is 0 Å². The van der Waals surface area contributed by atoms with Crippen LogP contribution in [0.4, 0.5) is 0 Å². The minimum Gasteiger partial charge on any atom is -0.396 e. The lowest BCUT2D eigenvalue weighted by atomic mass is 10.3. The van der Waals surface area contributed by atoms with Crippen LogP contribution < -0.4 is 0 Å². The highest BCUT2D eigenvalue weighted by atomic mass is 79.9. The third kappa shape index (κ3) is 1.91. The lowest BCUT2D eigenvalue weighted by Crippen LogP contribution is -1.92. The van der Waals surface area contributed by atoms with Gasteiger partial charge in [0.2, 0.25) is 0 Å². The zero-order valence-corrected chi connectivity index (χ0v) is 8.98. The predicted molar refractivity (Wildman–Crippen MR) is 53.9 cm³/mol. The van der Waals surface area contributed by atoms with Gasteiger partial charge in [-0.3, -0.25) is 0 Å². The number of hydrogen-bond donors (Lipinski definition) is 1. The average Bonchev–Trinajstić information content (AvgIpc) is 2.56. The van der Waals surface area contributed by atoms with E-state index in [2.05, 4.69) is 31.0 Å². The molecule has 2 rings (SSSR count). The van der Waals surface area contributed by atoms with Crippen molar-refractivity contribution in [3.63, 3.8) is 0 Å². The lowest BCUT2D eigenvalue weighted by molar-refractivity contribution is 0.287. The maximum absolute atomic E-state index is 8.66. The Morgan fingerprint density at radius 1 is 1.50 bits per heavy atom. The molecule has 0 radical (unpaired) electrons. The van der Waals surface area contributed by atoms with Gasteiger partial charge in [0.05, 0.1) is 4.47 Å². The summed E-state index contributed by atoms with van der Waals surface area (Å²) in [5.74, 6) is 1.30. The molecule has 74 valence electrons. The van der Waals surface area contributed by atoms with Crippen LogP contribution >= 0.6 is 15.9 Å². The first-order valence-corrected chi connectivity index (χ1v) is 5.06. The molecular formula is C8H9BrN4O. The summed E-state index contributed by atoms with van der Waals surface area (Å²) in [5.41, 5.74) is 0. The summed E-state index contributed by atoms with van der Waals surface area (Å²) in [4.78, 5) is 8.29. The molecule has 0 aromatic carbocycles. The lowest BCUT2D eigenvalue weighted by Gasteiger charge is -1.89. The summed E-state index contributed by atoms with van der Waals surface area (Å²) in [6.07, 6.45) is 4.84. The van der Waals surface area contributed by atoms with Crippen LogP contribution in [-0.4, -0.2) is 31.3 Å². The van der Waals surface area contributed by atoms with Gasteiger partial charge in [0.15, 0.2) is 5.82 Å². The Labute approximate surface area is 88.9 Å². The maximum Gasteiger partial charge on any atom is 0.252 e. The van der Waals surface area contributed by atoms with Gasteiger partial charge in [0.25, 0.3) is 5.78 Å². The molecule has 0 unspecified atom stereocenters. The molecule has 0 bridgehead atoms. The molecule has 14 heavy (non-hydrogen) atoms. The summed E-state index contributed by atoms with van der Waals surface area (Å²) >= 11 is 3.30. The van der Waals surface area contributed by atoms with Gasteiger partial charge in [-0.05, 0) is 22.4 Å². The van der Waals surface area contributed by atoms with Crippen molar-refractivity contribution in [1.29, 1.82) is 0 Å². The number of aliphatic hydroxyl groups excluding tert-OH is 1. The van der Waals surface area contributed by atoms with Gasteiger partial charge in [-0.1, -0.05) is 0 Å². The summed E-state index contributed by atoms with van der Waals surface area (Å²) < 4.78 is 2.49. The van der Waals surface area contributed by atoms with Gasteiger partial charge in [-0.2, -0.15) is 4.98 Å². The molecule has 0 atom stereocenters. The van der Waals surface area contributed by atoms with Crippen LogP contribution in [0.1, 0.15) is 12.2 Å².